The minimum absolute atomic E-state index is 0.0998. The lowest BCUT2D eigenvalue weighted by Crippen LogP contribution is -2.22. The average Bonchev–Trinajstić information content (AvgIpc) is 3.00. The van der Waals surface area contributed by atoms with Crippen LogP contribution in [0.5, 0.6) is 0 Å². The van der Waals surface area contributed by atoms with Crippen molar-refractivity contribution in [2.24, 2.45) is 0 Å². The first-order valence-electron chi connectivity index (χ1n) is 8.27. The van der Waals surface area contributed by atoms with Crippen LogP contribution in [0, 0.1) is 13.8 Å². The van der Waals surface area contributed by atoms with E-state index in [1.54, 1.807) is 35.0 Å². The number of aryl methyl sites for hydroxylation is 2. The van der Waals surface area contributed by atoms with Gasteiger partial charge in [-0.25, -0.2) is 14.5 Å². The lowest BCUT2D eigenvalue weighted by molar-refractivity contribution is -0.119. The van der Waals surface area contributed by atoms with Gasteiger partial charge in [0, 0.05) is 5.69 Å². The van der Waals surface area contributed by atoms with E-state index in [4.69, 9.17) is 27.9 Å². The number of para-hydroxylation sites is 1. The number of esters is 1. The van der Waals surface area contributed by atoms with Crippen LogP contribution in [0.4, 0.5) is 5.69 Å². The van der Waals surface area contributed by atoms with Crippen LogP contribution in [0.25, 0.3) is 5.82 Å². The van der Waals surface area contributed by atoms with Crippen molar-refractivity contribution >= 4 is 40.8 Å². The molecule has 1 aromatic carbocycles. The molecule has 144 valence electrons. The van der Waals surface area contributed by atoms with Gasteiger partial charge in [0.1, 0.15) is 0 Å². The number of nitrogens with zero attached hydrogens (tertiary/aromatic N) is 3. The number of aromatic nitrogens is 3. The molecule has 0 bridgehead atoms. The topological polar surface area (TPSA) is 86.1 Å². The van der Waals surface area contributed by atoms with Crippen molar-refractivity contribution in [1.29, 1.82) is 0 Å². The van der Waals surface area contributed by atoms with Crippen molar-refractivity contribution < 1.29 is 14.3 Å². The summed E-state index contributed by atoms with van der Waals surface area (Å²) in [5, 5.41) is 7.38. The van der Waals surface area contributed by atoms with Crippen LogP contribution in [-0.4, -0.2) is 33.2 Å². The molecular formula is C19H16Cl2N4O3. The van der Waals surface area contributed by atoms with Gasteiger partial charge >= 0.3 is 5.97 Å². The third-order valence-electron chi connectivity index (χ3n) is 3.73. The van der Waals surface area contributed by atoms with Crippen molar-refractivity contribution in [3.05, 3.63) is 69.6 Å². The van der Waals surface area contributed by atoms with Gasteiger partial charge < -0.3 is 10.1 Å². The molecule has 0 spiro atoms. The SMILES string of the molecule is Cc1cc(C)n(-c2ccc(Cl)c(C(=O)OCC(=O)Nc3ccccc3Cl)n2)n1. The Morgan fingerprint density at radius 1 is 1.11 bits per heavy atom. The molecule has 3 rings (SSSR count). The van der Waals surface area contributed by atoms with Crippen molar-refractivity contribution in [2.45, 2.75) is 13.8 Å². The number of carbonyl (C=O) groups excluding carboxylic acids is 2. The van der Waals surface area contributed by atoms with Crippen molar-refractivity contribution in [3.8, 4) is 5.82 Å². The second-order valence-corrected chi connectivity index (χ2v) is 6.76. The molecule has 2 aromatic heterocycles. The Morgan fingerprint density at radius 2 is 1.86 bits per heavy atom. The first-order valence-corrected chi connectivity index (χ1v) is 9.02. The Kier molecular flexibility index (Phi) is 5.96. The third kappa shape index (κ3) is 4.49. The maximum atomic E-state index is 12.4. The zero-order valence-corrected chi connectivity index (χ0v) is 16.6. The van der Waals surface area contributed by atoms with E-state index >= 15 is 0 Å². The van der Waals surface area contributed by atoms with E-state index in [9.17, 15) is 9.59 Å². The lowest BCUT2D eigenvalue weighted by Gasteiger charge is -2.09. The highest BCUT2D eigenvalue weighted by molar-refractivity contribution is 6.34. The molecule has 0 aliphatic carbocycles. The summed E-state index contributed by atoms with van der Waals surface area (Å²) in [7, 11) is 0. The minimum atomic E-state index is -0.817. The van der Waals surface area contributed by atoms with E-state index in [-0.39, 0.29) is 10.7 Å². The number of halogens is 2. The van der Waals surface area contributed by atoms with Crippen LogP contribution in [0.3, 0.4) is 0 Å². The van der Waals surface area contributed by atoms with Crippen LogP contribution >= 0.6 is 23.2 Å². The quantitative estimate of drug-likeness (QED) is 0.633. The highest BCUT2D eigenvalue weighted by Gasteiger charge is 2.18. The molecule has 1 N–H and O–H groups in total. The maximum Gasteiger partial charge on any atom is 0.359 e. The number of benzene rings is 1. The van der Waals surface area contributed by atoms with Gasteiger partial charge in [-0.3, -0.25) is 4.79 Å². The maximum absolute atomic E-state index is 12.4. The summed E-state index contributed by atoms with van der Waals surface area (Å²) in [6.45, 7) is 3.21. The Bertz CT molecular complexity index is 1050. The molecule has 0 atom stereocenters. The van der Waals surface area contributed by atoms with Gasteiger partial charge in [0.2, 0.25) is 0 Å². The summed E-state index contributed by atoms with van der Waals surface area (Å²) in [5.74, 6) is -0.933. The average molecular weight is 419 g/mol. The second-order valence-electron chi connectivity index (χ2n) is 5.94. The van der Waals surface area contributed by atoms with Crippen molar-refractivity contribution in [2.75, 3.05) is 11.9 Å². The first-order chi connectivity index (χ1) is 13.3. The van der Waals surface area contributed by atoms with Gasteiger partial charge in [0.15, 0.2) is 18.1 Å². The fraction of sp³-hybridized carbons (Fsp3) is 0.158. The summed E-state index contributed by atoms with van der Waals surface area (Å²) in [6, 6.07) is 11.8. The number of carbonyl (C=O) groups is 2. The number of amides is 1. The van der Waals surface area contributed by atoms with Gasteiger partial charge in [-0.05, 0) is 44.2 Å². The molecule has 0 saturated heterocycles. The van der Waals surface area contributed by atoms with E-state index in [0.29, 0.717) is 16.5 Å². The van der Waals surface area contributed by atoms with Crippen LogP contribution in [0.15, 0.2) is 42.5 Å². The van der Waals surface area contributed by atoms with E-state index in [0.717, 1.165) is 11.4 Å². The molecule has 0 fully saturated rings. The predicted octanol–water partition coefficient (Wildman–Crippen LogP) is 3.99. The Hall–Kier alpha value is -2.90. The number of hydrogen-bond acceptors (Lipinski definition) is 5. The lowest BCUT2D eigenvalue weighted by atomic mass is 10.3. The predicted molar refractivity (Wildman–Crippen MR) is 106 cm³/mol. The summed E-state index contributed by atoms with van der Waals surface area (Å²) >= 11 is 12.1. The molecule has 7 nitrogen and oxygen atoms in total. The largest absolute Gasteiger partial charge is 0.451 e. The molecule has 0 aliphatic rings. The molecule has 9 heteroatoms. The molecule has 28 heavy (non-hydrogen) atoms. The van der Waals surface area contributed by atoms with Crippen molar-refractivity contribution in [3.63, 3.8) is 0 Å². The highest BCUT2D eigenvalue weighted by atomic mass is 35.5. The first kappa shape index (κ1) is 19.9. The zero-order chi connectivity index (χ0) is 20.3. The molecule has 1 amide bonds. The summed E-state index contributed by atoms with van der Waals surface area (Å²) < 4.78 is 6.63. The number of ether oxygens (including phenoxy) is 1. The van der Waals surface area contributed by atoms with Crippen LogP contribution < -0.4 is 5.32 Å². The molecule has 2 heterocycles. The Labute approximate surface area is 171 Å². The number of rotatable bonds is 5. The van der Waals surface area contributed by atoms with E-state index in [1.807, 2.05) is 19.9 Å². The fourth-order valence-electron chi connectivity index (χ4n) is 2.50. The standard InChI is InChI=1S/C19H16Cl2N4O3/c1-11-9-12(2)25(24-11)16-8-7-14(21)18(23-16)19(27)28-10-17(26)22-15-6-4-3-5-13(15)20/h3-9H,10H2,1-2H3,(H,22,26). The normalized spacial score (nSPS) is 10.6. The molecule has 0 aliphatic heterocycles. The second kappa shape index (κ2) is 8.41. The highest BCUT2D eigenvalue weighted by Crippen LogP contribution is 2.21. The van der Waals surface area contributed by atoms with E-state index < -0.39 is 18.5 Å². The third-order valence-corrected chi connectivity index (χ3v) is 4.37. The Balaban J connectivity index is 1.70. The molecule has 0 unspecified atom stereocenters. The summed E-state index contributed by atoms with van der Waals surface area (Å²) in [4.78, 5) is 28.6. The minimum Gasteiger partial charge on any atom is -0.451 e. The summed E-state index contributed by atoms with van der Waals surface area (Å²) in [5.41, 5.74) is 1.99. The van der Waals surface area contributed by atoms with Gasteiger partial charge in [0.05, 0.1) is 21.4 Å². The fourth-order valence-corrected chi connectivity index (χ4v) is 2.87. The zero-order valence-electron chi connectivity index (χ0n) is 15.1. The van der Waals surface area contributed by atoms with Crippen LogP contribution in [0.1, 0.15) is 21.9 Å². The number of hydrogen-bond donors (Lipinski definition) is 1. The summed E-state index contributed by atoms with van der Waals surface area (Å²) in [6.07, 6.45) is 0. The number of nitrogens with one attached hydrogen (secondary N) is 1. The Morgan fingerprint density at radius 3 is 2.54 bits per heavy atom. The van der Waals surface area contributed by atoms with Gasteiger partial charge in [-0.1, -0.05) is 35.3 Å². The van der Waals surface area contributed by atoms with Crippen LogP contribution in [0.2, 0.25) is 10.0 Å². The van der Waals surface area contributed by atoms with Gasteiger partial charge in [-0.15, -0.1) is 0 Å². The number of pyridine rings is 1. The molecule has 0 radical (unpaired) electrons. The van der Waals surface area contributed by atoms with Gasteiger partial charge in [-0.2, -0.15) is 5.10 Å². The van der Waals surface area contributed by atoms with Crippen LogP contribution in [-0.2, 0) is 9.53 Å². The molecule has 3 aromatic rings. The van der Waals surface area contributed by atoms with E-state index in [2.05, 4.69) is 15.4 Å². The van der Waals surface area contributed by atoms with Crippen molar-refractivity contribution in [1.82, 2.24) is 14.8 Å². The smallest absolute Gasteiger partial charge is 0.359 e. The molecular weight excluding hydrogens is 403 g/mol. The number of anilines is 1. The van der Waals surface area contributed by atoms with Gasteiger partial charge in [0.25, 0.3) is 5.91 Å². The molecule has 0 saturated carbocycles. The van der Waals surface area contributed by atoms with E-state index in [1.165, 1.54) is 6.07 Å². The monoisotopic (exact) mass is 418 g/mol.